The van der Waals surface area contributed by atoms with Gasteiger partial charge in [0.25, 0.3) is 0 Å². The number of carboxylic acid groups (broad SMARTS) is 1. The van der Waals surface area contributed by atoms with Crippen LogP contribution < -0.4 is 5.32 Å². The number of aliphatic carboxylic acids is 1. The molecule has 2 N–H and O–H groups in total. The Bertz CT molecular complexity index is 395. The van der Waals surface area contributed by atoms with Crippen molar-refractivity contribution < 1.29 is 9.90 Å². The maximum absolute atomic E-state index is 10.9. The van der Waals surface area contributed by atoms with Gasteiger partial charge in [-0.25, -0.2) is 0 Å². The van der Waals surface area contributed by atoms with E-state index in [4.69, 9.17) is 5.11 Å². The van der Waals surface area contributed by atoms with Crippen LogP contribution in [0.15, 0.2) is 24.3 Å². The van der Waals surface area contributed by atoms with E-state index in [0.29, 0.717) is 0 Å². The van der Waals surface area contributed by atoms with Crippen molar-refractivity contribution in [2.45, 2.75) is 38.6 Å². The van der Waals surface area contributed by atoms with Crippen molar-refractivity contribution in [2.75, 3.05) is 6.54 Å². The van der Waals surface area contributed by atoms with Crippen LogP contribution in [0.2, 0.25) is 0 Å². The molecule has 98 valence electrons. The molecule has 2 rings (SSSR count). The molecule has 0 radical (unpaired) electrons. The molecule has 0 amide bonds. The first-order valence-corrected chi connectivity index (χ1v) is 6.69. The highest BCUT2D eigenvalue weighted by Gasteiger charge is 2.19. The third-order valence-corrected chi connectivity index (χ3v) is 3.61. The van der Waals surface area contributed by atoms with Gasteiger partial charge >= 0.3 is 5.97 Å². The second-order valence-corrected chi connectivity index (χ2v) is 5.21. The van der Waals surface area contributed by atoms with Gasteiger partial charge in [-0.1, -0.05) is 37.1 Å². The summed E-state index contributed by atoms with van der Waals surface area (Å²) in [6.45, 7) is 3.66. The van der Waals surface area contributed by atoms with Crippen molar-refractivity contribution in [1.82, 2.24) is 5.32 Å². The highest BCUT2D eigenvalue weighted by atomic mass is 16.4. The largest absolute Gasteiger partial charge is 0.481 e. The van der Waals surface area contributed by atoms with Gasteiger partial charge in [0, 0.05) is 6.54 Å². The summed E-state index contributed by atoms with van der Waals surface area (Å²) in [6, 6.07) is 7.85. The zero-order chi connectivity index (χ0) is 13.0. The van der Waals surface area contributed by atoms with Crippen LogP contribution in [-0.2, 0) is 11.3 Å². The lowest BCUT2D eigenvalue weighted by Gasteiger charge is -2.08. The summed E-state index contributed by atoms with van der Waals surface area (Å²) in [7, 11) is 0. The Labute approximate surface area is 108 Å². The third kappa shape index (κ3) is 3.84. The maximum Gasteiger partial charge on any atom is 0.310 e. The Morgan fingerprint density at radius 1 is 1.39 bits per heavy atom. The van der Waals surface area contributed by atoms with Gasteiger partial charge in [-0.3, -0.25) is 4.79 Å². The summed E-state index contributed by atoms with van der Waals surface area (Å²) in [6.07, 6.45) is 4.10. The lowest BCUT2D eigenvalue weighted by Crippen LogP contribution is -2.15. The summed E-state index contributed by atoms with van der Waals surface area (Å²) >= 11 is 0. The smallest absolute Gasteiger partial charge is 0.310 e. The molecule has 18 heavy (non-hydrogen) atoms. The molecule has 1 saturated carbocycles. The minimum atomic E-state index is -0.773. The van der Waals surface area contributed by atoms with Crippen LogP contribution in [0.5, 0.6) is 0 Å². The number of nitrogens with one attached hydrogen (secondary N) is 1. The summed E-state index contributed by atoms with van der Waals surface area (Å²) in [5.74, 6) is -0.233. The van der Waals surface area contributed by atoms with Crippen molar-refractivity contribution >= 4 is 5.97 Å². The SMILES string of the molecule is CC(C(=O)O)c1ccc(CNCCC2CC2)cc1. The van der Waals surface area contributed by atoms with E-state index in [1.807, 2.05) is 24.3 Å². The zero-order valence-electron chi connectivity index (χ0n) is 10.9. The predicted octanol–water partition coefficient (Wildman–Crippen LogP) is 2.76. The van der Waals surface area contributed by atoms with E-state index in [1.165, 1.54) is 24.8 Å². The molecule has 1 fully saturated rings. The fourth-order valence-corrected chi connectivity index (χ4v) is 2.01. The fraction of sp³-hybridized carbons (Fsp3) is 0.533. The molecule has 0 bridgehead atoms. The molecule has 0 saturated heterocycles. The van der Waals surface area contributed by atoms with Gasteiger partial charge in [0.1, 0.15) is 0 Å². The van der Waals surface area contributed by atoms with E-state index in [0.717, 1.165) is 24.6 Å². The molecule has 1 aliphatic rings. The predicted molar refractivity (Wildman–Crippen MR) is 71.5 cm³/mol. The molecule has 1 aromatic carbocycles. The van der Waals surface area contributed by atoms with Crippen LogP contribution in [0.25, 0.3) is 0 Å². The molecule has 0 spiro atoms. The lowest BCUT2D eigenvalue weighted by atomic mass is 10.00. The average molecular weight is 247 g/mol. The lowest BCUT2D eigenvalue weighted by molar-refractivity contribution is -0.138. The van der Waals surface area contributed by atoms with Gasteiger partial charge in [-0.2, -0.15) is 0 Å². The Kier molecular flexibility index (Phi) is 4.37. The van der Waals surface area contributed by atoms with Crippen LogP contribution in [0.4, 0.5) is 0 Å². The van der Waals surface area contributed by atoms with Gasteiger partial charge in [-0.05, 0) is 36.9 Å². The molecule has 3 heteroatoms. The maximum atomic E-state index is 10.9. The molecule has 3 nitrogen and oxygen atoms in total. The van der Waals surface area contributed by atoms with E-state index in [2.05, 4.69) is 5.32 Å². The molecular weight excluding hydrogens is 226 g/mol. The first-order chi connectivity index (χ1) is 8.66. The number of carboxylic acids is 1. The Morgan fingerprint density at radius 3 is 2.61 bits per heavy atom. The molecule has 0 aliphatic heterocycles. The highest BCUT2D eigenvalue weighted by Crippen LogP contribution is 2.31. The molecule has 1 unspecified atom stereocenters. The third-order valence-electron chi connectivity index (χ3n) is 3.61. The molecule has 1 aromatic rings. The van der Waals surface area contributed by atoms with Crippen LogP contribution in [0, 0.1) is 5.92 Å². The number of hydrogen-bond donors (Lipinski definition) is 2. The van der Waals surface area contributed by atoms with Crippen LogP contribution in [-0.4, -0.2) is 17.6 Å². The molecule has 1 atom stereocenters. The summed E-state index contributed by atoms with van der Waals surface area (Å²) < 4.78 is 0. The summed E-state index contributed by atoms with van der Waals surface area (Å²) in [5, 5.41) is 12.4. The normalized spacial score (nSPS) is 16.5. The van der Waals surface area contributed by atoms with Crippen molar-refractivity contribution in [3.8, 4) is 0 Å². The van der Waals surface area contributed by atoms with Gasteiger partial charge in [0.2, 0.25) is 0 Å². The van der Waals surface area contributed by atoms with Crippen LogP contribution >= 0.6 is 0 Å². The minimum Gasteiger partial charge on any atom is -0.481 e. The Hall–Kier alpha value is -1.35. The summed E-state index contributed by atoms with van der Waals surface area (Å²) in [5.41, 5.74) is 2.08. The number of carbonyl (C=O) groups is 1. The van der Waals surface area contributed by atoms with E-state index >= 15 is 0 Å². The molecule has 0 aromatic heterocycles. The van der Waals surface area contributed by atoms with Gasteiger partial charge in [0.05, 0.1) is 5.92 Å². The molecule has 1 aliphatic carbocycles. The number of rotatable bonds is 7. The number of benzene rings is 1. The second kappa shape index (κ2) is 6.01. The van der Waals surface area contributed by atoms with Crippen molar-refractivity contribution in [1.29, 1.82) is 0 Å². The van der Waals surface area contributed by atoms with Gasteiger partial charge in [0.15, 0.2) is 0 Å². The molecular formula is C15H21NO2. The summed E-state index contributed by atoms with van der Waals surface area (Å²) in [4.78, 5) is 10.9. The Balaban J connectivity index is 1.77. The van der Waals surface area contributed by atoms with Crippen molar-refractivity contribution in [2.24, 2.45) is 5.92 Å². The highest BCUT2D eigenvalue weighted by molar-refractivity contribution is 5.75. The van der Waals surface area contributed by atoms with E-state index < -0.39 is 11.9 Å². The van der Waals surface area contributed by atoms with Crippen molar-refractivity contribution in [3.63, 3.8) is 0 Å². The van der Waals surface area contributed by atoms with Crippen molar-refractivity contribution in [3.05, 3.63) is 35.4 Å². The first-order valence-electron chi connectivity index (χ1n) is 6.69. The standard InChI is InChI=1S/C15H21NO2/c1-11(15(17)18)14-6-4-13(5-7-14)10-16-9-8-12-2-3-12/h4-7,11-12,16H,2-3,8-10H2,1H3,(H,17,18). The second-order valence-electron chi connectivity index (χ2n) is 5.21. The topological polar surface area (TPSA) is 49.3 Å². The first kappa shape index (κ1) is 13.1. The van der Waals surface area contributed by atoms with E-state index in [1.54, 1.807) is 6.92 Å². The minimum absolute atomic E-state index is 0.429. The van der Waals surface area contributed by atoms with Crippen LogP contribution in [0.1, 0.15) is 43.2 Å². The van der Waals surface area contributed by atoms with E-state index in [9.17, 15) is 4.79 Å². The fourth-order valence-electron chi connectivity index (χ4n) is 2.01. The van der Waals surface area contributed by atoms with Gasteiger partial charge < -0.3 is 10.4 Å². The monoisotopic (exact) mass is 247 g/mol. The average Bonchev–Trinajstić information content (AvgIpc) is 3.18. The van der Waals surface area contributed by atoms with Gasteiger partial charge in [-0.15, -0.1) is 0 Å². The Morgan fingerprint density at radius 2 is 2.06 bits per heavy atom. The van der Waals surface area contributed by atoms with Crippen LogP contribution in [0.3, 0.4) is 0 Å². The molecule has 0 heterocycles. The number of hydrogen-bond acceptors (Lipinski definition) is 2. The quantitative estimate of drug-likeness (QED) is 0.728. The zero-order valence-corrected chi connectivity index (χ0v) is 10.9. The van der Waals surface area contributed by atoms with E-state index in [-0.39, 0.29) is 0 Å².